The summed E-state index contributed by atoms with van der Waals surface area (Å²) in [6, 6.07) is 213. The van der Waals surface area contributed by atoms with E-state index in [1.165, 1.54) is 142 Å². The van der Waals surface area contributed by atoms with Gasteiger partial charge in [-0.3, -0.25) is 9.97 Å². The van der Waals surface area contributed by atoms with Crippen molar-refractivity contribution in [3.05, 3.63) is 691 Å². The molecule has 718 valence electrons. The molecule has 0 bridgehead atoms. The fourth-order valence-corrected chi connectivity index (χ4v) is 29.1. The molecule has 0 saturated heterocycles. The van der Waals surface area contributed by atoms with Gasteiger partial charge in [-0.25, -0.2) is 0 Å². The van der Waals surface area contributed by atoms with Gasteiger partial charge in [0.25, 0.3) is 0 Å². The first kappa shape index (κ1) is 104. The number of halogens is 1. The summed E-state index contributed by atoms with van der Waals surface area (Å²) in [4.78, 5) is 7.99. The third-order valence-electron chi connectivity index (χ3n) is 26.2. The maximum atomic E-state index is 8.54. The molecule has 0 fully saturated rings. The zero-order valence-electron chi connectivity index (χ0n) is 81.6. The number of benzene rings is 20. The molecule has 0 saturated carbocycles. The molecule has 0 radical (unpaired) electrons. The van der Waals surface area contributed by atoms with Gasteiger partial charge >= 0.3 is 7.12 Å². The first-order valence-corrected chi connectivity index (χ1v) is 55.7. The maximum absolute atomic E-state index is 8.54. The van der Waals surface area contributed by atoms with Crippen molar-refractivity contribution in [1.82, 2.24) is 9.97 Å². The van der Waals surface area contributed by atoms with E-state index in [2.05, 4.69) is 602 Å². The molecular weight excluding hydrogens is 2010 g/mol. The van der Waals surface area contributed by atoms with Crippen molar-refractivity contribution in [2.75, 3.05) is 0 Å². The van der Waals surface area contributed by atoms with E-state index >= 15 is 0 Å². The van der Waals surface area contributed by atoms with Crippen LogP contribution in [0.4, 0.5) is 0 Å². The molecule has 2 aliphatic carbocycles. The van der Waals surface area contributed by atoms with Crippen molar-refractivity contribution < 1.29 is 30.5 Å². The Morgan fingerprint density at radius 1 is 0.190 bits per heavy atom. The van der Waals surface area contributed by atoms with Crippen LogP contribution in [0.1, 0.15) is 66.8 Å². The minimum absolute atomic E-state index is 0. The molecule has 20 aromatic carbocycles. The zero-order valence-corrected chi connectivity index (χ0v) is 88.3. The van der Waals surface area contributed by atoms with E-state index < -0.39 is 38.8 Å². The Morgan fingerprint density at radius 2 is 0.381 bits per heavy atom. The first-order chi connectivity index (χ1) is 72.3. The molecule has 24 rings (SSSR count). The summed E-state index contributed by atoms with van der Waals surface area (Å²) in [6.07, 6.45) is 11.0. The summed E-state index contributed by atoms with van der Waals surface area (Å²) < 4.78 is 1.11. The second-order valence-electron chi connectivity index (χ2n) is 35.2. The van der Waals surface area contributed by atoms with E-state index in [9.17, 15) is 0 Å². The van der Waals surface area contributed by atoms with E-state index in [1.807, 2.05) is 18.5 Å². The van der Waals surface area contributed by atoms with Gasteiger partial charge in [-0.05, 0) is 223 Å². The zero-order chi connectivity index (χ0) is 99.4. The van der Waals surface area contributed by atoms with Gasteiger partial charge in [0.2, 0.25) is 0 Å². The van der Waals surface area contributed by atoms with Gasteiger partial charge in [-0.15, -0.1) is 0 Å². The summed E-state index contributed by atoms with van der Waals surface area (Å²) >= 11 is 3.62. The van der Waals surface area contributed by atoms with Gasteiger partial charge in [-0.1, -0.05) is 586 Å². The van der Waals surface area contributed by atoms with Crippen molar-refractivity contribution in [3.8, 4) is 11.1 Å². The largest absolute Gasteiger partial charge is 0.490 e. The van der Waals surface area contributed by atoms with Crippen LogP contribution in [0.3, 0.4) is 0 Å². The van der Waals surface area contributed by atoms with Crippen LogP contribution < -0.4 is 69.1 Å². The normalized spacial score (nSPS) is 12.0. The van der Waals surface area contributed by atoms with Gasteiger partial charge in [0.1, 0.15) is 0 Å². The molecule has 22 aromatic rings. The van der Waals surface area contributed by atoms with Gasteiger partial charge in [-0.2, -0.15) is 0 Å². The maximum Gasteiger partial charge on any atom is 0.490 e. The number of fused-ring (bicyclic) bond motifs is 4. The number of nitrogens with zero attached hydrogens (tertiary/aromatic N) is 2. The Bertz CT molecular complexity index is 6710. The number of rotatable bonds is 18. The average molecular weight is 2130 g/mol. The van der Waals surface area contributed by atoms with Crippen LogP contribution in [-0.4, -0.2) is 27.1 Å². The molecule has 0 aliphatic heterocycles. The molecule has 2 heterocycles. The second kappa shape index (κ2) is 53.6. The monoisotopic (exact) mass is 2120 g/mol. The van der Waals surface area contributed by atoms with Crippen LogP contribution in [0, 0.1) is 0 Å². The predicted molar refractivity (Wildman–Crippen MR) is 630 cm³/mol. The number of aryl methyl sites for hydroxylation is 4. The average Bonchev–Trinajstić information content (AvgIpc) is 1.65. The van der Waals surface area contributed by atoms with Crippen molar-refractivity contribution in [2.24, 2.45) is 0 Å². The molecule has 2 N–H and O–H groups in total. The molecular formula is C136H112BBrN2O2P4Pd. The molecule has 0 spiro atoms. The van der Waals surface area contributed by atoms with Gasteiger partial charge < -0.3 is 10.0 Å². The number of pyridine rings is 2. The minimum Gasteiger partial charge on any atom is -0.423 e. The third kappa shape index (κ3) is 26.0. The van der Waals surface area contributed by atoms with Crippen molar-refractivity contribution in [2.45, 2.75) is 36.5 Å². The van der Waals surface area contributed by atoms with E-state index in [4.69, 9.17) is 10.0 Å². The fraction of sp³-hybridized carbons (Fsp3) is 0.0441. The van der Waals surface area contributed by atoms with Gasteiger partial charge in [0.05, 0.1) is 10.8 Å². The second-order valence-corrected chi connectivity index (χ2v) is 45.0. The van der Waals surface area contributed by atoms with E-state index in [0.717, 1.165) is 35.7 Å². The molecule has 4 nitrogen and oxygen atoms in total. The van der Waals surface area contributed by atoms with Crippen LogP contribution in [0.25, 0.3) is 11.1 Å². The molecule has 2 aliphatic rings. The van der Waals surface area contributed by atoms with E-state index in [1.54, 1.807) is 18.3 Å². The fourth-order valence-electron chi connectivity index (χ4n) is 19.6. The molecule has 0 atom stereocenters. The summed E-state index contributed by atoms with van der Waals surface area (Å²) in [5, 5.41) is 33.9. The number of hydrogen-bond donors (Lipinski definition) is 2. The van der Waals surface area contributed by atoms with Crippen LogP contribution in [0.5, 0.6) is 0 Å². The SMILES string of the molecule is Brc1ccc(C2(c3ccccc3)c3ccccc3CCc3ccccc32)cc1.OB(O)c1cccnc1.[Pd].c1ccc(C2(c3ccc(-c4cccnc4)cc3)c3ccccc3CCc3ccccc32)cc1.c1ccc(P(c2ccccc2)c2ccccc2)cc1.c1ccc(P(c2ccccc2)c2ccccc2)cc1.c1ccc(P(c2ccccc2)c2ccccc2)cc1.c1ccc(P(c2ccccc2)c2ccccc2)cc1. The minimum atomic E-state index is -1.40. The molecule has 2 aromatic heterocycles. The number of aromatic nitrogens is 2. The topological polar surface area (TPSA) is 66.2 Å². The Hall–Kier alpha value is -14.5. The third-order valence-corrected chi connectivity index (χ3v) is 36.5. The molecule has 147 heavy (non-hydrogen) atoms. The van der Waals surface area contributed by atoms with Crippen LogP contribution in [0.2, 0.25) is 0 Å². The number of hydrogen-bond acceptors (Lipinski definition) is 4. The van der Waals surface area contributed by atoms with Crippen LogP contribution >= 0.6 is 47.6 Å². The van der Waals surface area contributed by atoms with Gasteiger partial charge in [0.15, 0.2) is 0 Å². The Morgan fingerprint density at radius 3 is 0.578 bits per heavy atom. The van der Waals surface area contributed by atoms with Gasteiger partial charge in [0, 0.05) is 55.1 Å². The first-order valence-electron chi connectivity index (χ1n) is 49.6. The smallest absolute Gasteiger partial charge is 0.423 e. The summed E-state index contributed by atoms with van der Waals surface area (Å²) in [5.41, 5.74) is 18.6. The van der Waals surface area contributed by atoms with Crippen LogP contribution in [-0.2, 0) is 56.9 Å². The van der Waals surface area contributed by atoms with E-state index in [0.29, 0.717) is 5.46 Å². The predicted octanol–water partition coefficient (Wildman–Crippen LogP) is 26.7. The van der Waals surface area contributed by atoms with Crippen molar-refractivity contribution in [1.29, 1.82) is 0 Å². The Kier molecular flexibility index (Phi) is 37.9. The van der Waals surface area contributed by atoms with Crippen LogP contribution in [0.15, 0.2) is 624 Å². The molecule has 0 amide bonds. The van der Waals surface area contributed by atoms with E-state index in [-0.39, 0.29) is 31.3 Å². The standard InChI is InChI=1S/C32H25N.C27H21Br.4C18H15P.C5H6BNO2.Pd/c1-2-12-28(13-3-1)32(29-20-18-24(19-21-29)27-11-8-22-33-23-27)30-14-6-4-9-25(30)16-17-26-10-5-7-15-31(26)32;28-24-18-16-23(17-19-24)27(22-10-2-1-3-11-22)25-12-6-4-8-20(25)14-15-21-9-5-7-13-26(21)27;4*1-4-10-16(11-5-1)19(17-12-6-2-7-13-17)18-14-8-3-9-15-18;8-6(9)5-2-1-3-7-4-5;/h1-15,18-23H,16-17H2;1-13,16-19H,14-15H2;4*1-15H;1-4,8-9H;. The summed E-state index contributed by atoms with van der Waals surface area (Å²) in [6.45, 7) is 0. The van der Waals surface area contributed by atoms with Crippen molar-refractivity contribution in [3.63, 3.8) is 0 Å². The molecule has 11 heteroatoms. The Balaban J connectivity index is 0.000000120. The molecule has 0 unspecified atom stereocenters. The summed E-state index contributed by atoms with van der Waals surface area (Å²) in [7, 11) is -3.19. The summed E-state index contributed by atoms with van der Waals surface area (Å²) in [5.74, 6) is 0. The Labute approximate surface area is 894 Å². The van der Waals surface area contributed by atoms with Crippen molar-refractivity contribution >= 4 is 124 Å². The quantitative estimate of drug-likeness (QED) is 0.0664.